The van der Waals surface area contributed by atoms with Crippen molar-refractivity contribution >= 4 is 23.5 Å². The molecule has 0 radical (unpaired) electrons. The number of urea groups is 1. The molecule has 1 heterocycles. The van der Waals surface area contributed by atoms with E-state index in [4.69, 9.17) is 11.5 Å². The Bertz CT molecular complexity index is 629. The van der Waals surface area contributed by atoms with Crippen molar-refractivity contribution in [2.24, 2.45) is 5.73 Å². The van der Waals surface area contributed by atoms with Gasteiger partial charge in [-0.05, 0) is 31.0 Å². The number of anilines is 1. The summed E-state index contributed by atoms with van der Waals surface area (Å²) in [5.74, 6) is -0.866. The average molecular weight is 290 g/mol. The second-order valence-electron chi connectivity index (χ2n) is 5.28. The first-order valence-electron chi connectivity index (χ1n) is 6.61. The van der Waals surface area contributed by atoms with Crippen LogP contribution in [0.2, 0.25) is 0 Å². The number of nitrogens with zero attached hydrogens (tertiary/aromatic N) is 1. The molecule has 0 saturated carbocycles. The summed E-state index contributed by atoms with van der Waals surface area (Å²) < 4.78 is 0. The number of imide groups is 1. The van der Waals surface area contributed by atoms with Crippen LogP contribution in [-0.2, 0) is 11.3 Å². The first-order chi connectivity index (χ1) is 9.78. The number of nitrogens with two attached hydrogens (primary N) is 2. The third-order valence-electron chi connectivity index (χ3n) is 3.81. The lowest BCUT2D eigenvalue weighted by Crippen LogP contribution is -2.43. The molecule has 5 N–H and O–H groups in total. The molecule has 1 fully saturated rings. The summed E-state index contributed by atoms with van der Waals surface area (Å²) in [7, 11) is 0. The van der Waals surface area contributed by atoms with Gasteiger partial charge >= 0.3 is 6.03 Å². The summed E-state index contributed by atoms with van der Waals surface area (Å²) in [6.07, 6.45) is 0.504. The highest BCUT2D eigenvalue weighted by Crippen LogP contribution is 2.24. The number of carbonyl (C=O) groups is 3. The van der Waals surface area contributed by atoms with E-state index in [1.54, 1.807) is 13.0 Å². The van der Waals surface area contributed by atoms with Crippen molar-refractivity contribution in [1.29, 1.82) is 0 Å². The van der Waals surface area contributed by atoms with E-state index >= 15 is 0 Å². The van der Waals surface area contributed by atoms with Gasteiger partial charge in [0.1, 0.15) is 5.54 Å². The molecule has 1 aromatic rings. The molecule has 0 aromatic heterocycles. The van der Waals surface area contributed by atoms with E-state index in [2.05, 4.69) is 5.32 Å². The number of nitrogen functional groups attached to an aromatic ring is 1. The van der Waals surface area contributed by atoms with Crippen LogP contribution >= 0.6 is 0 Å². The summed E-state index contributed by atoms with van der Waals surface area (Å²) in [4.78, 5) is 36.4. The molecule has 1 saturated heterocycles. The molecule has 0 aliphatic carbocycles. The maximum Gasteiger partial charge on any atom is 0.325 e. The second-order valence-corrected chi connectivity index (χ2v) is 5.28. The number of primary amides is 1. The van der Waals surface area contributed by atoms with Crippen molar-refractivity contribution in [2.75, 3.05) is 5.73 Å². The summed E-state index contributed by atoms with van der Waals surface area (Å²) in [5, 5.41) is 2.67. The first kappa shape index (κ1) is 14.8. The van der Waals surface area contributed by atoms with Gasteiger partial charge < -0.3 is 16.8 Å². The van der Waals surface area contributed by atoms with Crippen LogP contribution in [0.4, 0.5) is 10.5 Å². The van der Waals surface area contributed by atoms with Gasteiger partial charge in [-0.1, -0.05) is 13.0 Å². The fourth-order valence-electron chi connectivity index (χ4n) is 2.19. The molecule has 7 nitrogen and oxygen atoms in total. The van der Waals surface area contributed by atoms with Crippen LogP contribution in [0.3, 0.4) is 0 Å². The molecule has 0 spiro atoms. The molecular formula is C14H18N4O3. The van der Waals surface area contributed by atoms with E-state index in [1.165, 1.54) is 12.1 Å². The van der Waals surface area contributed by atoms with Gasteiger partial charge in [0.25, 0.3) is 5.91 Å². The molecule has 7 heteroatoms. The Labute approximate surface area is 122 Å². The molecule has 112 valence electrons. The monoisotopic (exact) mass is 290 g/mol. The number of benzene rings is 1. The Balaban J connectivity index is 2.25. The zero-order valence-corrected chi connectivity index (χ0v) is 12.0. The van der Waals surface area contributed by atoms with Crippen LogP contribution < -0.4 is 16.8 Å². The average Bonchev–Trinajstić information content (AvgIpc) is 2.64. The Morgan fingerprint density at radius 2 is 2.05 bits per heavy atom. The Morgan fingerprint density at radius 1 is 1.38 bits per heavy atom. The third-order valence-corrected chi connectivity index (χ3v) is 3.81. The van der Waals surface area contributed by atoms with Crippen molar-refractivity contribution in [1.82, 2.24) is 10.2 Å². The van der Waals surface area contributed by atoms with E-state index in [1.807, 2.05) is 6.92 Å². The lowest BCUT2D eigenvalue weighted by molar-refractivity contribution is -0.131. The normalized spacial score (nSPS) is 21.5. The second kappa shape index (κ2) is 5.08. The highest BCUT2D eigenvalue weighted by atomic mass is 16.2. The molecule has 0 bridgehead atoms. The van der Waals surface area contributed by atoms with E-state index < -0.39 is 17.5 Å². The van der Waals surface area contributed by atoms with E-state index in [-0.39, 0.29) is 18.0 Å². The SMILES string of the molecule is CCC1(C)NC(=O)N(Cc2ccc(C(N)=O)cc2N)C1=O. The Kier molecular flexibility index (Phi) is 3.59. The molecule has 21 heavy (non-hydrogen) atoms. The zero-order valence-electron chi connectivity index (χ0n) is 12.0. The molecular weight excluding hydrogens is 272 g/mol. The van der Waals surface area contributed by atoms with Crippen molar-refractivity contribution in [3.63, 3.8) is 0 Å². The van der Waals surface area contributed by atoms with E-state index in [0.29, 0.717) is 17.7 Å². The van der Waals surface area contributed by atoms with Crippen molar-refractivity contribution in [2.45, 2.75) is 32.4 Å². The summed E-state index contributed by atoms with van der Waals surface area (Å²) in [6, 6.07) is 4.11. The lowest BCUT2D eigenvalue weighted by Gasteiger charge is -2.19. The molecule has 4 amide bonds. The number of rotatable bonds is 4. The topological polar surface area (TPSA) is 119 Å². The maximum atomic E-state index is 12.3. The number of amides is 4. The maximum absolute atomic E-state index is 12.3. The van der Waals surface area contributed by atoms with Crippen molar-refractivity contribution in [3.05, 3.63) is 29.3 Å². The highest BCUT2D eigenvalue weighted by Gasteiger charge is 2.46. The predicted octanol–water partition coefficient (Wildman–Crippen LogP) is 0.588. The quantitative estimate of drug-likeness (QED) is 0.555. The van der Waals surface area contributed by atoms with Gasteiger partial charge in [0.05, 0.1) is 6.54 Å². The molecule has 2 rings (SSSR count). The smallest absolute Gasteiger partial charge is 0.325 e. The van der Waals surface area contributed by atoms with Crippen LogP contribution in [0.15, 0.2) is 18.2 Å². The minimum atomic E-state index is -0.876. The third kappa shape index (κ3) is 2.54. The lowest BCUT2D eigenvalue weighted by atomic mass is 9.99. The molecule has 1 aliphatic heterocycles. The largest absolute Gasteiger partial charge is 0.398 e. The standard InChI is InChI=1S/C14H18N4O3/c1-3-14(2)12(20)18(13(21)17-14)7-9-5-4-8(11(16)19)6-10(9)15/h4-6H,3,7,15H2,1-2H3,(H2,16,19)(H,17,21). The number of hydrogen-bond donors (Lipinski definition) is 3. The van der Waals surface area contributed by atoms with Gasteiger partial charge in [0, 0.05) is 11.3 Å². The highest BCUT2D eigenvalue weighted by molar-refractivity contribution is 6.06. The van der Waals surface area contributed by atoms with Gasteiger partial charge in [0.15, 0.2) is 0 Å². The number of hydrogen-bond acceptors (Lipinski definition) is 4. The van der Waals surface area contributed by atoms with Crippen LogP contribution in [0.1, 0.15) is 36.2 Å². The summed E-state index contributed by atoms with van der Waals surface area (Å²) >= 11 is 0. The van der Waals surface area contributed by atoms with Gasteiger partial charge in [-0.15, -0.1) is 0 Å². The van der Waals surface area contributed by atoms with Gasteiger partial charge in [-0.3, -0.25) is 14.5 Å². The Morgan fingerprint density at radius 3 is 2.52 bits per heavy atom. The zero-order chi connectivity index (χ0) is 15.8. The van der Waals surface area contributed by atoms with Crippen LogP contribution in [0, 0.1) is 0 Å². The van der Waals surface area contributed by atoms with Crippen molar-refractivity contribution < 1.29 is 14.4 Å². The van der Waals surface area contributed by atoms with Crippen molar-refractivity contribution in [3.8, 4) is 0 Å². The molecule has 1 atom stereocenters. The number of nitrogens with one attached hydrogen (secondary N) is 1. The molecule has 1 aromatic carbocycles. The van der Waals surface area contributed by atoms with Crippen LogP contribution in [-0.4, -0.2) is 28.3 Å². The first-order valence-corrected chi connectivity index (χ1v) is 6.61. The fraction of sp³-hybridized carbons (Fsp3) is 0.357. The predicted molar refractivity (Wildman–Crippen MR) is 77.2 cm³/mol. The van der Waals surface area contributed by atoms with Gasteiger partial charge in [-0.2, -0.15) is 0 Å². The summed E-state index contributed by atoms with van der Waals surface area (Å²) in [6.45, 7) is 3.58. The van der Waals surface area contributed by atoms with Gasteiger partial charge in [-0.25, -0.2) is 4.79 Å². The van der Waals surface area contributed by atoms with Crippen LogP contribution in [0.25, 0.3) is 0 Å². The fourth-order valence-corrected chi connectivity index (χ4v) is 2.19. The minimum absolute atomic E-state index is 0.0606. The minimum Gasteiger partial charge on any atom is -0.398 e. The van der Waals surface area contributed by atoms with E-state index in [9.17, 15) is 14.4 Å². The Hall–Kier alpha value is -2.57. The van der Waals surface area contributed by atoms with Crippen LogP contribution in [0.5, 0.6) is 0 Å². The summed E-state index contributed by atoms with van der Waals surface area (Å²) in [5.41, 5.74) is 11.3. The molecule has 1 aliphatic rings. The molecule has 1 unspecified atom stereocenters. The van der Waals surface area contributed by atoms with Gasteiger partial charge in [0.2, 0.25) is 5.91 Å². The number of carbonyl (C=O) groups excluding carboxylic acids is 3. The van der Waals surface area contributed by atoms with E-state index in [0.717, 1.165) is 4.90 Å².